The number of hydrogen-bond acceptors (Lipinski definition) is 2. The molecule has 0 atom stereocenters. The van der Waals surface area contributed by atoms with E-state index in [0.717, 1.165) is 0 Å². The summed E-state index contributed by atoms with van der Waals surface area (Å²) in [4.78, 5) is 0. The maximum Gasteiger partial charge on any atom is 0.259 e. The average molecular weight is 298 g/mol. The van der Waals surface area contributed by atoms with Crippen molar-refractivity contribution in [3.63, 3.8) is 0 Å². The second-order valence-electron chi connectivity index (χ2n) is 6.74. The largest absolute Gasteiger partial charge is 0.304 e. The van der Waals surface area contributed by atoms with Crippen LogP contribution in [0.3, 0.4) is 0 Å². The molecule has 0 aliphatic rings. The molecule has 0 unspecified atom stereocenters. The van der Waals surface area contributed by atoms with Gasteiger partial charge in [0.15, 0.2) is 0 Å². The Kier molecular flexibility index (Phi) is 9.69. The third kappa shape index (κ3) is 6.11. The lowest BCUT2D eigenvalue weighted by Crippen LogP contribution is -2.60. The van der Waals surface area contributed by atoms with Crippen molar-refractivity contribution < 1.29 is 0 Å². The zero-order valence-corrected chi connectivity index (χ0v) is 16.3. The molecule has 0 aromatic heterocycles. The highest BCUT2D eigenvalue weighted by Crippen LogP contribution is 2.18. The van der Waals surface area contributed by atoms with Gasteiger partial charge in [0.2, 0.25) is 0 Å². The van der Waals surface area contributed by atoms with E-state index >= 15 is 0 Å². The normalized spacial score (nSPS) is 13.6. The molecule has 20 heavy (non-hydrogen) atoms. The molecule has 0 spiro atoms. The zero-order chi connectivity index (χ0) is 15.9. The second kappa shape index (κ2) is 9.75. The van der Waals surface area contributed by atoms with Crippen LogP contribution in [0.25, 0.3) is 0 Å². The van der Waals surface area contributed by atoms with Crippen molar-refractivity contribution in [1.82, 2.24) is 9.13 Å². The van der Waals surface area contributed by atoms with E-state index in [1.165, 1.54) is 12.8 Å². The molecule has 3 heteroatoms. The summed E-state index contributed by atoms with van der Waals surface area (Å²) in [5.41, 5.74) is 2.52. The Morgan fingerprint density at radius 3 is 1.35 bits per heavy atom. The van der Waals surface area contributed by atoms with E-state index in [-0.39, 0.29) is 0 Å². The van der Waals surface area contributed by atoms with Crippen LogP contribution in [0.5, 0.6) is 0 Å². The maximum atomic E-state index is 2.72. The summed E-state index contributed by atoms with van der Waals surface area (Å²) in [7, 11) is -0.806. The first-order valence-corrected chi connectivity index (χ1v) is 9.81. The summed E-state index contributed by atoms with van der Waals surface area (Å²) in [5, 5.41) is 0. The fourth-order valence-electron chi connectivity index (χ4n) is 2.91. The van der Waals surface area contributed by atoms with Gasteiger partial charge in [0.1, 0.15) is 0 Å². The number of unbranched alkanes of at least 4 members (excludes halogenated alkanes) is 1. The molecule has 2 nitrogen and oxygen atoms in total. The van der Waals surface area contributed by atoms with E-state index < -0.39 is 9.12 Å². The van der Waals surface area contributed by atoms with Crippen LogP contribution in [0.1, 0.15) is 75.2 Å². The molecule has 1 radical (unpaired) electrons. The average Bonchev–Trinajstić information content (AvgIpc) is 2.26. The van der Waals surface area contributed by atoms with Gasteiger partial charge in [-0.25, -0.2) is 0 Å². The van der Waals surface area contributed by atoms with Crippen LogP contribution in [0.4, 0.5) is 0 Å². The first-order chi connectivity index (χ1) is 9.23. The first kappa shape index (κ1) is 19.9. The van der Waals surface area contributed by atoms with Gasteiger partial charge in [0.25, 0.3) is 9.12 Å². The molecule has 0 aromatic carbocycles. The Morgan fingerprint density at radius 2 is 1.10 bits per heavy atom. The summed E-state index contributed by atoms with van der Waals surface area (Å²) in [6.45, 7) is 20.9. The predicted molar refractivity (Wildman–Crippen MR) is 94.0 cm³/mol. The summed E-state index contributed by atoms with van der Waals surface area (Å²) in [5.74, 6) is 0. The van der Waals surface area contributed by atoms with Crippen LogP contribution in [0, 0.1) is 0 Å². The lowest BCUT2D eigenvalue weighted by atomic mass is 10.3. The molecule has 0 rings (SSSR count). The molecule has 0 saturated heterocycles. The molecule has 0 N–H and O–H groups in total. The van der Waals surface area contributed by atoms with Crippen molar-refractivity contribution in [3.8, 4) is 0 Å². The SMILES string of the molecule is CCCC=C[Si](N(C(C)C)C(C)C)N(C(C)C)C(C)C. The van der Waals surface area contributed by atoms with Crippen molar-refractivity contribution in [2.24, 2.45) is 0 Å². The number of nitrogens with zero attached hydrogens (tertiary/aromatic N) is 2. The Labute approximate surface area is 130 Å². The van der Waals surface area contributed by atoms with E-state index in [9.17, 15) is 0 Å². The smallest absolute Gasteiger partial charge is 0.259 e. The minimum absolute atomic E-state index is 0.593. The minimum atomic E-state index is -0.806. The van der Waals surface area contributed by atoms with E-state index in [0.29, 0.717) is 24.2 Å². The standard InChI is InChI=1S/C17H37N2Si/c1-10-11-12-13-20(18(14(2)3)15(4)5)19(16(6)7)17(8)9/h12-17H,10-11H2,1-9H3. The predicted octanol–water partition coefficient (Wildman–Crippen LogP) is 4.61. The number of hydrogen-bond donors (Lipinski definition) is 0. The van der Waals surface area contributed by atoms with Gasteiger partial charge in [-0.2, -0.15) is 0 Å². The highest BCUT2D eigenvalue weighted by Gasteiger charge is 2.33. The van der Waals surface area contributed by atoms with Gasteiger partial charge < -0.3 is 9.13 Å². The van der Waals surface area contributed by atoms with Gasteiger partial charge in [-0.05, 0) is 30.6 Å². The Bertz CT molecular complexity index is 236. The van der Waals surface area contributed by atoms with E-state index in [4.69, 9.17) is 0 Å². The van der Waals surface area contributed by atoms with E-state index in [1.54, 1.807) is 0 Å². The van der Waals surface area contributed by atoms with Gasteiger partial charge in [0, 0.05) is 0 Å². The molecule has 0 saturated carbocycles. The molecule has 0 heterocycles. The summed E-state index contributed by atoms with van der Waals surface area (Å²) in [6.07, 6.45) is 4.84. The van der Waals surface area contributed by atoms with Crippen LogP contribution in [0.15, 0.2) is 11.8 Å². The fraction of sp³-hybridized carbons (Fsp3) is 0.882. The van der Waals surface area contributed by atoms with Crippen LogP contribution >= 0.6 is 0 Å². The van der Waals surface area contributed by atoms with Crippen LogP contribution in [-0.4, -0.2) is 42.4 Å². The van der Waals surface area contributed by atoms with Crippen molar-refractivity contribution in [2.45, 2.75) is 99.3 Å². The van der Waals surface area contributed by atoms with E-state index in [2.05, 4.69) is 83.2 Å². The van der Waals surface area contributed by atoms with Crippen molar-refractivity contribution >= 4 is 9.12 Å². The summed E-state index contributed by atoms with van der Waals surface area (Å²) in [6, 6.07) is 2.37. The molecule has 0 aliphatic carbocycles. The van der Waals surface area contributed by atoms with Gasteiger partial charge >= 0.3 is 0 Å². The molecule has 0 aliphatic heterocycles. The summed E-state index contributed by atoms with van der Waals surface area (Å²) >= 11 is 0. The molecule has 0 aromatic rings. The van der Waals surface area contributed by atoms with Gasteiger partial charge in [-0.1, -0.05) is 80.5 Å². The van der Waals surface area contributed by atoms with Gasteiger partial charge in [-0.3, -0.25) is 0 Å². The van der Waals surface area contributed by atoms with Gasteiger partial charge in [0.05, 0.1) is 0 Å². The third-order valence-corrected chi connectivity index (χ3v) is 7.13. The third-order valence-electron chi connectivity index (χ3n) is 3.48. The lowest BCUT2D eigenvalue weighted by Gasteiger charge is -2.44. The molecular formula is C17H37N2Si. The highest BCUT2D eigenvalue weighted by molar-refractivity contribution is 6.58. The molecule has 0 bridgehead atoms. The van der Waals surface area contributed by atoms with Crippen molar-refractivity contribution in [2.75, 3.05) is 0 Å². The number of rotatable bonds is 9. The minimum Gasteiger partial charge on any atom is -0.304 e. The molecular weight excluding hydrogens is 260 g/mol. The summed E-state index contributed by atoms with van der Waals surface area (Å²) < 4.78 is 5.44. The quantitative estimate of drug-likeness (QED) is 0.574. The Hall–Kier alpha value is -0.123. The Morgan fingerprint density at radius 1 is 0.750 bits per heavy atom. The topological polar surface area (TPSA) is 6.48 Å². The zero-order valence-electron chi connectivity index (χ0n) is 15.3. The van der Waals surface area contributed by atoms with Crippen molar-refractivity contribution in [3.05, 3.63) is 11.8 Å². The Balaban J connectivity index is 5.42. The first-order valence-electron chi connectivity index (χ1n) is 8.34. The fourth-order valence-corrected chi connectivity index (χ4v) is 6.02. The van der Waals surface area contributed by atoms with Crippen LogP contribution < -0.4 is 0 Å². The monoisotopic (exact) mass is 297 g/mol. The van der Waals surface area contributed by atoms with E-state index in [1.807, 2.05) is 0 Å². The van der Waals surface area contributed by atoms with Crippen LogP contribution in [-0.2, 0) is 0 Å². The van der Waals surface area contributed by atoms with Gasteiger partial charge in [-0.15, -0.1) is 0 Å². The van der Waals surface area contributed by atoms with Crippen molar-refractivity contribution in [1.29, 1.82) is 0 Å². The van der Waals surface area contributed by atoms with Crippen LogP contribution in [0.2, 0.25) is 0 Å². The highest BCUT2D eigenvalue weighted by atomic mass is 28.3. The molecule has 0 fully saturated rings. The lowest BCUT2D eigenvalue weighted by molar-refractivity contribution is 0.227. The molecule has 0 amide bonds. The maximum absolute atomic E-state index is 2.72. The number of allylic oxidation sites excluding steroid dienone is 1. The second-order valence-corrected chi connectivity index (χ2v) is 8.82. The molecule has 119 valence electrons.